The number of hydrogen-bond acceptors (Lipinski definition) is 16. The molecule has 3 N–H and O–H groups in total. The first-order chi connectivity index (χ1) is 38.3. The molecule has 1 aromatic rings. The van der Waals surface area contributed by atoms with Gasteiger partial charge in [0.25, 0.3) is 20.2 Å². The van der Waals surface area contributed by atoms with Crippen molar-refractivity contribution in [3.8, 4) is 11.3 Å². The number of unbranched alkanes of at least 4 members (excludes halogenated alkanes) is 2. The number of carboxylic acid groups (broad SMARTS) is 1. The maximum atomic E-state index is 12.4. The summed E-state index contributed by atoms with van der Waals surface area (Å²) in [6.45, 7) is 24.0. The second-order valence-electron chi connectivity index (χ2n) is 20.0. The Morgan fingerprint density at radius 2 is 1.24 bits per heavy atom. The minimum Gasteiger partial charge on any atom is -0.481 e. The predicted molar refractivity (Wildman–Crippen MR) is 309 cm³/mol. The van der Waals surface area contributed by atoms with Gasteiger partial charge in [0.2, 0.25) is 5.36 Å². The van der Waals surface area contributed by atoms with Gasteiger partial charge in [-0.1, -0.05) is 54.0 Å². The molecule has 2 aliphatic heterocycles. The molecule has 0 bridgehead atoms. The maximum Gasteiger partial charge on any atom is 0.303 e. The molecule has 0 saturated carbocycles. The van der Waals surface area contributed by atoms with Crippen molar-refractivity contribution >= 4 is 38.0 Å². The third-order valence-corrected chi connectivity index (χ3v) is 14.5. The number of ether oxygens (including phenoxy) is 9. The van der Waals surface area contributed by atoms with E-state index in [0.717, 1.165) is 35.2 Å². The lowest BCUT2D eigenvalue weighted by Gasteiger charge is -2.30. The highest BCUT2D eigenvalue weighted by Gasteiger charge is 2.43. The van der Waals surface area contributed by atoms with Crippen LogP contribution >= 0.6 is 0 Å². The number of rotatable bonds is 42. The third-order valence-electron chi connectivity index (χ3n) is 12.8. The van der Waals surface area contributed by atoms with Crippen molar-refractivity contribution in [2.45, 2.75) is 109 Å². The van der Waals surface area contributed by atoms with Crippen molar-refractivity contribution in [1.29, 1.82) is 0 Å². The lowest BCUT2D eigenvalue weighted by molar-refractivity contribution is -0.137. The molecule has 1 atom stereocenters. The number of aliphatic carboxylic acids is 1. The van der Waals surface area contributed by atoms with E-state index in [1.54, 1.807) is 13.2 Å². The van der Waals surface area contributed by atoms with Crippen LogP contribution in [-0.2, 0) is 78.5 Å². The number of nitrogens with zero attached hydrogens (tertiary/aromatic N) is 2. The van der Waals surface area contributed by atoms with Crippen LogP contribution in [0.4, 0.5) is 5.69 Å². The van der Waals surface area contributed by atoms with Crippen LogP contribution in [0.3, 0.4) is 0 Å². The van der Waals surface area contributed by atoms with E-state index in [1.807, 2.05) is 56.0 Å². The minimum atomic E-state index is -4.61. The van der Waals surface area contributed by atoms with E-state index in [4.69, 9.17) is 47.0 Å². The van der Waals surface area contributed by atoms with Crippen molar-refractivity contribution < 1.29 is 82.9 Å². The summed E-state index contributed by atoms with van der Waals surface area (Å²) in [6.07, 6.45) is 8.46. The molecule has 0 amide bonds. The molecule has 22 heteroatoms. The fourth-order valence-electron chi connectivity index (χ4n) is 8.88. The van der Waals surface area contributed by atoms with Crippen molar-refractivity contribution in [2.75, 3.05) is 150 Å². The predicted octanol–water partition coefficient (Wildman–Crippen LogP) is 7.90. The van der Waals surface area contributed by atoms with E-state index in [0.29, 0.717) is 167 Å². The van der Waals surface area contributed by atoms with Crippen LogP contribution in [0, 0.1) is 0 Å². The molecule has 1 aromatic carbocycles. The minimum absolute atomic E-state index is 0.0201. The number of anilines is 1. The van der Waals surface area contributed by atoms with E-state index in [1.165, 1.54) is 12.1 Å². The quantitative estimate of drug-likeness (QED) is 0.0277. The maximum absolute atomic E-state index is 12.4. The second kappa shape index (κ2) is 37.9. The van der Waals surface area contributed by atoms with Gasteiger partial charge in [-0.25, -0.2) is 4.58 Å². The number of methoxy groups -OCH3 is 1. The summed E-state index contributed by atoms with van der Waals surface area (Å²) in [5.41, 5.74) is 2.63. The Morgan fingerprint density at radius 1 is 0.700 bits per heavy atom. The van der Waals surface area contributed by atoms with Crippen molar-refractivity contribution in [3.63, 3.8) is 0 Å². The molecule has 0 fully saturated rings. The lowest BCUT2D eigenvalue weighted by Crippen LogP contribution is -2.36. The monoisotopic (exact) mass is 1170 g/mol. The molecule has 80 heavy (non-hydrogen) atoms. The van der Waals surface area contributed by atoms with Gasteiger partial charge < -0.3 is 57.1 Å². The summed E-state index contributed by atoms with van der Waals surface area (Å²) in [7, 11) is -7.30. The molecule has 0 saturated heterocycles. The SMILES string of the molecule is CC.CCCOCCOCCOCCOCC[N+](CCOCCOCCOCCOCCOC)=c1ccc2c(C(C)(C)C)cc(/C=C/C=C3/N(CCCCCC(=O)O)c4ccc(S(=O)(=O)O)cc4C3(C)CCCS(=O)(=O)O)oc-2c1. The van der Waals surface area contributed by atoms with Gasteiger partial charge >= 0.3 is 5.97 Å². The second-order valence-corrected chi connectivity index (χ2v) is 23.0. The Labute approximate surface area is 476 Å². The van der Waals surface area contributed by atoms with E-state index in [9.17, 15) is 35.8 Å². The Morgan fingerprint density at radius 3 is 1.74 bits per heavy atom. The normalized spacial score (nSPS) is 15.7. The van der Waals surface area contributed by atoms with Crippen molar-refractivity contribution in [2.24, 2.45) is 0 Å². The summed E-state index contributed by atoms with van der Waals surface area (Å²) in [5, 5.41) is 10.1. The third kappa shape index (κ3) is 26.0. The van der Waals surface area contributed by atoms with Crippen molar-refractivity contribution in [1.82, 2.24) is 4.58 Å². The zero-order valence-corrected chi connectivity index (χ0v) is 50.4. The van der Waals surface area contributed by atoms with Gasteiger partial charge in [0.15, 0.2) is 13.1 Å². The fraction of sp³-hybridized carbons (Fsp3) is 0.655. The average molecular weight is 1170 g/mol. The summed E-state index contributed by atoms with van der Waals surface area (Å²) < 4.78 is 128. The molecule has 0 radical (unpaired) electrons. The van der Waals surface area contributed by atoms with Crippen LogP contribution < -0.4 is 14.8 Å². The van der Waals surface area contributed by atoms with Gasteiger partial charge in [-0.2, -0.15) is 16.8 Å². The molecule has 2 heterocycles. The zero-order chi connectivity index (χ0) is 58.9. The largest absolute Gasteiger partial charge is 0.481 e. The highest BCUT2D eigenvalue weighted by molar-refractivity contribution is 7.86. The molecule has 1 unspecified atom stereocenters. The Balaban J connectivity index is 0.00000831. The van der Waals surface area contributed by atoms with E-state index < -0.39 is 37.4 Å². The van der Waals surface area contributed by atoms with Gasteiger partial charge in [0.1, 0.15) is 24.7 Å². The molecule has 0 aromatic heterocycles. The Kier molecular flexibility index (Phi) is 33.2. The topological polar surface area (TPSA) is 248 Å². The number of hydrogen-bond donors (Lipinski definition) is 3. The Bertz CT molecular complexity index is 2580. The molecule has 454 valence electrons. The van der Waals surface area contributed by atoms with Crippen LogP contribution in [0.25, 0.3) is 17.4 Å². The summed E-state index contributed by atoms with van der Waals surface area (Å²) >= 11 is 0. The molecule has 3 aliphatic rings. The first kappa shape index (κ1) is 70.1. The summed E-state index contributed by atoms with van der Waals surface area (Å²) in [6, 6.07) is 12.5. The fourth-order valence-corrected chi connectivity index (χ4v) is 9.90. The summed E-state index contributed by atoms with van der Waals surface area (Å²) in [4.78, 5) is 13.0. The van der Waals surface area contributed by atoms with Gasteiger partial charge in [0.05, 0.1) is 109 Å². The van der Waals surface area contributed by atoms with E-state index in [-0.39, 0.29) is 29.6 Å². The molecule has 1 aliphatic carbocycles. The number of carboxylic acids is 1. The zero-order valence-electron chi connectivity index (χ0n) is 48.7. The smallest absolute Gasteiger partial charge is 0.303 e. The van der Waals surface area contributed by atoms with Crippen LogP contribution in [0.1, 0.15) is 110 Å². The van der Waals surface area contributed by atoms with E-state index >= 15 is 0 Å². The summed E-state index contributed by atoms with van der Waals surface area (Å²) in [5.74, 6) is -0.206. The molecular formula is C58H93N2O18S2+. The van der Waals surface area contributed by atoms with Crippen LogP contribution in [0.2, 0.25) is 0 Å². The average Bonchev–Trinajstić information content (AvgIpc) is 3.71. The molecule has 20 nitrogen and oxygen atoms in total. The van der Waals surface area contributed by atoms with Gasteiger partial charge in [-0.15, -0.1) is 0 Å². The number of fused-ring (bicyclic) bond motifs is 2. The van der Waals surface area contributed by atoms with Gasteiger partial charge in [-0.05, 0) is 98.1 Å². The first-order valence-electron chi connectivity index (χ1n) is 28.0. The van der Waals surface area contributed by atoms with Crippen LogP contribution in [-0.4, -0.2) is 182 Å². The van der Waals surface area contributed by atoms with E-state index in [2.05, 4.69) is 44.4 Å². The van der Waals surface area contributed by atoms with Crippen LogP contribution in [0.5, 0.6) is 0 Å². The molecule has 0 spiro atoms. The molecule has 4 rings (SSSR count). The number of carbonyl (C=O) groups is 1. The number of allylic oxidation sites excluding steroid dienone is 3. The van der Waals surface area contributed by atoms with Gasteiger partial charge in [-0.3, -0.25) is 13.9 Å². The highest BCUT2D eigenvalue weighted by Crippen LogP contribution is 2.51. The Hall–Kier alpha value is -4.14. The molecular weight excluding hydrogens is 1080 g/mol. The lowest BCUT2D eigenvalue weighted by atomic mass is 9.77. The highest BCUT2D eigenvalue weighted by atomic mass is 32.2. The standard InChI is InChI=1S/C56H86N2O18S2.C2H6/c1-7-24-68-29-32-72-37-38-73-33-30-69-25-22-57(23-26-70-31-34-74-39-40-75-36-35-71-28-27-67-6)45-16-18-48-49(55(2,3)4)43-46(76-52(48)42-45)13-11-14-53-56(5,20-12-41-77(61,62)63)50-44-47(78(64,65)66)17-19-51(50)58(53)21-10-8-9-15-54(59)60;1-2/h11,13-14,16-19,42-44H,7-10,12,15,20-41H2,1-6H3,(H2-,59,60,61,62,63,64,65,66);1-2H3/p+1. The van der Waals surface area contributed by atoms with Crippen molar-refractivity contribution in [3.05, 3.63) is 82.6 Å². The number of benzene rings is 2. The first-order valence-corrected chi connectivity index (χ1v) is 31.1. The van der Waals surface area contributed by atoms with Crippen LogP contribution in [0.15, 0.2) is 69.6 Å². The van der Waals surface area contributed by atoms with Gasteiger partial charge in [0, 0.05) is 55.1 Å².